The van der Waals surface area contributed by atoms with Crippen LogP contribution in [-0.2, 0) is 9.53 Å². The second kappa shape index (κ2) is 8.52. The molecule has 0 atom stereocenters. The molecule has 0 aromatic heterocycles. The molecule has 2 aliphatic heterocycles. The maximum atomic E-state index is 12.5. The van der Waals surface area contributed by atoms with E-state index >= 15 is 0 Å². The Kier molecular flexibility index (Phi) is 5.65. The lowest BCUT2D eigenvalue weighted by Crippen LogP contribution is -2.27. The molecule has 0 radical (unpaired) electrons. The van der Waals surface area contributed by atoms with E-state index in [2.05, 4.69) is 11.4 Å². The van der Waals surface area contributed by atoms with Crippen molar-refractivity contribution < 1.29 is 14.3 Å². The summed E-state index contributed by atoms with van der Waals surface area (Å²) in [5.74, 6) is -0.126. The van der Waals surface area contributed by atoms with Crippen molar-refractivity contribution in [3.05, 3.63) is 59.2 Å². The fourth-order valence-corrected chi connectivity index (χ4v) is 3.90. The summed E-state index contributed by atoms with van der Waals surface area (Å²) >= 11 is 0. The Balaban J connectivity index is 1.55. The first kappa shape index (κ1) is 19.2. The van der Waals surface area contributed by atoms with Crippen molar-refractivity contribution in [1.29, 1.82) is 0 Å². The Labute approximate surface area is 171 Å². The number of amides is 1. The third-order valence-corrected chi connectivity index (χ3v) is 5.49. The van der Waals surface area contributed by atoms with Gasteiger partial charge in [-0.2, -0.15) is 0 Å². The zero-order chi connectivity index (χ0) is 20.2. The Morgan fingerprint density at radius 1 is 1.03 bits per heavy atom. The molecule has 1 saturated heterocycles. The molecule has 5 nitrogen and oxygen atoms in total. The minimum atomic E-state index is -0.246. The largest absolute Gasteiger partial charge is 0.463 e. The number of carbonyl (C=O) groups excluding carboxylic acids is 2. The van der Waals surface area contributed by atoms with Gasteiger partial charge in [0.05, 0.1) is 6.61 Å². The van der Waals surface area contributed by atoms with Crippen LogP contribution in [0.25, 0.3) is 17.2 Å². The molecule has 0 spiro atoms. The third kappa shape index (κ3) is 4.19. The molecule has 0 saturated carbocycles. The number of nitrogens with one attached hydrogen (secondary N) is 1. The predicted octanol–water partition coefficient (Wildman–Crippen LogP) is 4.35. The lowest BCUT2D eigenvalue weighted by Gasteiger charge is -2.15. The van der Waals surface area contributed by atoms with Crippen LogP contribution in [0.2, 0.25) is 0 Å². The normalized spacial score (nSPS) is 15.8. The monoisotopic (exact) mass is 390 g/mol. The summed E-state index contributed by atoms with van der Waals surface area (Å²) in [6.07, 6.45) is 4.74. The van der Waals surface area contributed by atoms with Gasteiger partial charge in [0.15, 0.2) is 0 Å². The van der Waals surface area contributed by atoms with Crippen molar-refractivity contribution in [2.45, 2.75) is 26.2 Å². The Morgan fingerprint density at radius 3 is 2.48 bits per heavy atom. The van der Waals surface area contributed by atoms with E-state index < -0.39 is 0 Å². The lowest BCUT2D eigenvalue weighted by molar-refractivity contribution is -0.138. The third-order valence-electron chi connectivity index (χ3n) is 5.49. The summed E-state index contributed by atoms with van der Waals surface area (Å²) in [6.45, 7) is 4.60. The number of benzene rings is 2. The molecule has 1 N–H and O–H groups in total. The van der Waals surface area contributed by atoms with Gasteiger partial charge in [-0.05, 0) is 67.2 Å². The van der Waals surface area contributed by atoms with Crippen molar-refractivity contribution in [3.63, 3.8) is 0 Å². The van der Waals surface area contributed by atoms with Crippen molar-refractivity contribution in [3.8, 4) is 11.1 Å². The Bertz CT molecular complexity index is 941. The smallest absolute Gasteiger partial charge is 0.334 e. The van der Waals surface area contributed by atoms with Gasteiger partial charge < -0.3 is 15.0 Å². The number of nitrogens with zero attached hydrogens (tertiary/aromatic N) is 1. The van der Waals surface area contributed by atoms with Crippen molar-refractivity contribution in [1.82, 2.24) is 4.90 Å². The van der Waals surface area contributed by atoms with Gasteiger partial charge in [0, 0.05) is 36.5 Å². The second-order valence-electron chi connectivity index (χ2n) is 7.45. The predicted molar refractivity (Wildman–Crippen MR) is 115 cm³/mol. The standard InChI is InChI=1S/C24H26N2O3/c1-2-29-24(28)21-11-12-25-22-16-19(9-10-20(22)15-21)17-5-7-18(8-6-17)23(27)26-13-3-4-14-26/h5-10,15-16,25H,2-4,11-14H2,1H3. The van der Waals surface area contributed by atoms with Crippen LogP contribution >= 0.6 is 0 Å². The van der Waals surface area contributed by atoms with Crippen molar-refractivity contribution >= 4 is 23.6 Å². The quantitative estimate of drug-likeness (QED) is 0.789. The Hall–Kier alpha value is -3.08. The molecular weight excluding hydrogens is 364 g/mol. The molecule has 0 bridgehead atoms. The van der Waals surface area contributed by atoms with E-state index in [0.717, 1.165) is 53.9 Å². The molecule has 2 aliphatic rings. The number of carbonyl (C=O) groups is 2. The van der Waals surface area contributed by atoms with Crippen LogP contribution in [-0.4, -0.2) is 43.0 Å². The fourth-order valence-electron chi connectivity index (χ4n) is 3.90. The van der Waals surface area contributed by atoms with Crippen LogP contribution in [0.3, 0.4) is 0 Å². The second-order valence-corrected chi connectivity index (χ2v) is 7.45. The van der Waals surface area contributed by atoms with Crippen molar-refractivity contribution in [2.75, 3.05) is 31.6 Å². The molecule has 4 rings (SSSR count). The first-order chi connectivity index (χ1) is 14.2. The van der Waals surface area contributed by atoms with E-state index in [1.165, 1.54) is 0 Å². The topological polar surface area (TPSA) is 58.6 Å². The van der Waals surface area contributed by atoms with E-state index in [9.17, 15) is 9.59 Å². The number of rotatable bonds is 4. The van der Waals surface area contributed by atoms with Crippen LogP contribution in [0.15, 0.2) is 48.0 Å². The average molecular weight is 390 g/mol. The summed E-state index contributed by atoms with van der Waals surface area (Å²) < 4.78 is 5.15. The summed E-state index contributed by atoms with van der Waals surface area (Å²) in [5, 5.41) is 3.41. The summed E-state index contributed by atoms with van der Waals surface area (Å²) in [7, 11) is 0. The number of fused-ring (bicyclic) bond motifs is 1. The number of anilines is 1. The molecular formula is C24H26N2O3. The maximum absolute atomic E-state index is 12.5. The van der Waals surface area contributed by atoms with Gasteiger partial charge >= 0.3 is 5.97 Å². The Morgan fingerprint density at radius 2 is 1.76 bits per heavy atom. The lowest BCUT2D eigenvalue weighted by atomic mass is 10.00. The van der Waals surface area contributed by atoms with Crippen molar-refractivity contribution in [2.24, 2.45) is 0 Å². The van der Waals surface area contributed by atoms with Gasteiger partial charge in [-0.25, -0.2) is 4.79 Å². The summed E-state index contributed by atoms with van der Waals surface area (Å²) in [5.41, 5.74) is 5.55. The highest BCUT2D eigenvalue weighted by Gasteiger charge is 2.19. The highest BCUT2D eigenvalue weighted by molar-refractivity contribution is 5.96. The van der Waals surface area contributed by atoms with Gasteiger partial charge in [-0.3, -0.25) is 4.79 Å². The number of ether oxygens (including phenoxy) is 1. The molecule has 1 amide bonds. The minimum absolute atomic E-state index is 0.120. The minimum Gasteiger partial charge on any atom is -0.463 e. The molecule has 2 aromatic carbocycles. The van der Waals surface area contributed by atoms with E-state index in [1.807, 2.05) is 54.3 Å². The first-order valence-corrected chi connectivity index (χ1v) is 10.3. The fraction of sp³-hybridized carbons (Fsp3) is 0.333. The molecule has 0 unspecified atom stereocenters. The van der Waals surface area contributed by atoms with E-state index in [0.29, 0.717) is 25.1 Å². The van der Waals surface area contributed by atoms with Crippen LogP contribution in [0.4, 0.5) is 5.69 Å². The van der Waals surface area contributed by atoms with E-state index in [-0.39, 0.29) is 11.9 Å². The van der Waals surface area contributed by atoms with Crippen LogP contribution in [0.1, 0.15) is 42.1 Å². The van der Waals surface area contributed by atoms with Gasteiger partial charge in [-0.15, -0.1) is 0 Å². The molecule has 2 heterocycles. The number of likely N-dealkylation sites (tertiary alicyclic amines) is 1. The maximum Gasteiger partial charge on any atom is 0.334 e. The zero-order valence-electron chi connectivity index (χ0n) is 16.7. The van der Waals surface area contributed by atoms with E-state index in [4.69, 9.17) is 4.74 Å². The van der Waals surface area contributed by atoms with Gasteiger partial charge in [-0.1, -0.05) is 24.3 Å². The average Bonchev–Trinajstić information content (AvgIpc) is 3.20. The number of hydrogen-bond acceptors (Lipinski definition) is 4. The number of esters is 1. The SMILES string of the molecule is CCOC(=O)C1=Cc2ccc(-c3ccc(C(=O)N4CCCC4)cc3)cc2NCC1. The molecule has 2 aromatic rings. The van der Waals surface area contributed by atoms with Crippen LogP contribution in [0.5, 0.6) is 0 Å². The molecule has 29 heavy (non-hydrogen) atoms. The molecule has 150 valence electrons. The molecule has 1 fully saturated rings. The van der Waals surface area contributed by atoms with Crippen LogP contribution in [0, 0.1) is 0 Å². The first-order valence-electron chi connectivity index (χ1n) is 10.3. The van der Waals surface area contributed by atoms with Crippen LogP contribution < -0.4 is 5.32 Å². The molecule has 0 aliphatic carbocycles. The van der Waals surface area contributed by atoms with Gasteiger partial charge in [0.1, 0.15) is 0 Å². The van der Waals surface area contributed by atoms with Gasteiger partial charge in [0.2, 0.25) is 0 Å². The highest BCUT2D eigenvalue weighted by atomic mass is 16.5. The zero-order valence-corrected chi connectivity index (χ0v) is 16.7. The summed E-state index contributed by atoms with van der Waals surface area (Å²) in [6, 6.07) is 14.0. The number of hydrogen-bond donors (Lipinski definition) is 1. The summed E-state index contributed by atoms with van der Waals surface area (Å²) in [4.78, 5) is 26.5. The molecule has 5 heteroatoms. The highest BCUT2D eigenvalue weighted by Crippen LogP contribution is 2.30. The van der Waals surface area contributed by atoms with Gasteiger partial charge in [0.25, 0.3) is 5.91 Å². The van der Waals surface area contributed by atoms with E-state index in [1.54, 1.807) is 0 Å².